The van der Waals surface area contributed by atoms with Gasteiger partial charge in [-0.15, -0.1) is 0 Å². The molecule has 0 bridgehead atoms. The molecule has 3 aromatic rings. The van der Waals surface area contributed by atoms with Crippen molar-refractivity contribution in [1.82, 2.24) is 5.32 Å². The zero-order valence-electron chi connectivity index (χ0n) is 17.9. The maximum Gasteiger partial charge on any atom is 0.257 e. The van der Waals surface area contributed by atoms with Crippen molar-refractivity contribution in [2.24, 2.45) is 0 Å². The third-order valence-corrected chi connectivity index (χ3v) is 4.89. The van der Waals surface area contributed by atoms with Gasteiger partial charge in [-0.25, -0.2) is 0 Å². The van der Waals surface area contributed by atoms with E-state index in [1.54, 1.807) is 60.7 Å². The number of nitrogens with one attached hydrogen (secondary N) is 3. The van der Waals surface area contributed by atoms with Crippen LogP contribution in [0.4, 0.5) is 11.4 Å². The van der Waals surface area contributed by atoms with Crippen LogP contribution in [0.1, 0.15) is 41.0 Å². The van der Waals surface area contributed by atoms with Crippen molar-refractivity contribution >= 4 is 40.5 Å². The van der Waals surface area contributed by atoms with E-state index >= 15 is 0 Å². The van der Waals surface area contributed by atoms with Crippen LogP contribution >= 0.6 is 12.2 Å². The lowest BCUT2D eigenvalue weighted by Gasteiger charge is -2.15. The predicted octanol–water partition coefficient (Wildman–Crippen LogP) is 5.24. The number of hydrogen-bond donors (Lipinski definition) is 3. The van der Waals surface area contributed by atoms with Crippen LogP contribution in [0.25, 0.3) is 0 Å². The maximum absolute atomic E-state index is 12.7. The zero-order valence-corrected chi connectivity index (χ0v) is 18.7. The van der Waals surface area contributed by atoms with Gasteiger partial charge in [-0.3, -0.25) is 14.9 Å². The Kier molecular flexibility index (Phi) is 7.94. The predicted molar refractivity (Wildman–Crippen MR) is 131 cm³/mol. The van der Waals surface area contributed by atoms with Crippen molar-refractivity contribution in [3.63, 3.8) is 0 Å². The second kappa shape index (κ2) is 11.1. The maximum atomic E-state index is 12.7. The van der Waals surface area contributed by atoms with Crippen molar-refractivity contribution in [1.29, 1.82) is 0 Å². The third-order valence-electron chi connectivity index (χ3n) is 4.69. The first kappa shape index (κ1) is 23.0. The van der Waals surface area contributed by atoms with E-state index in [4.69, 9.17) is 17.0 Å². The van der Waals surface area contributed by atoms with Crippen LogP contribution < -0.4 is 20.7 Å². The highest BCUT2D eigenvalue weighted by molar-refractivity contribution is 7.80. The Bertz CT molecular complexity index is 1100. The summed E-state index contributed by atoms with van der Waals surface area (Å²) in [6.07, 6.45) is 0.913. The molecular formula is C25H25N3O3S. The second-order valence-electron chi connectivity index (χ2n) is 7.14. The van der Waals surface area contributed by atoms with E-state index in [9.17, 15) is 9.59 Å². The van der Waals surface area contributed by atoms with Crippen LogP contribution in [-0.4, -0.2) is 23.0 Å². The first-order valence-corrected chi connectivity index (χ1v) is 10.7. The number of rotatable bonds is 7. The highest BCUT2D eigenvalue weighted by Crippen LogP contribution is 2.18. The summed E-state index contributed by atoms with van der Waals surface area (Å²) >= 11 is 5.30. The molecule has 32 heavy (non-hydrogen) atoms. The Morgan fingerprint density at radius 2 is 1.62 bits per heavy atom. The number of thiocarbonyl (C=S) groups is 1. The lowest BCUT2D eigenvalue weighted by molar-refractivity contribution is 0.0976. The third kappa shape index (κ3) is 6.39. The van der Waals surface area contributed by atoms with Crippen molar-refractivity contribution in [3.05, 3.63) is 90.0 Å². The summed E-state index contributed by atoms with van der Waals surface area (Å²) in [5, 5.41) is 8.52. The van der Waals surface area contributed by atoms with Gasteiger partial charge in [-0.05, 0) is 68.0 Å². The molecule has 0 aliphatic heterocycles. The van der Waals surface area contributed by atoms with Crippen LogP contribution in [0, 0.1) is 0 Å². The minimum absolute atomic E-state index is 0.0505. The molecule has 0 saturated carbocycles. The average molecular weight is 448 g/mol. The lowest BCUT2D eigenvalue weighted by Crippen LogP contribution is -2.34. The number of carbonyl (C=O) groups is 2. The molecule has 0 fully saturated rings. The molecule has 0 aliphatic carbocycles. The Hall–Kier alpha value is -3.71. The largest absolute Gasteiger partial charge is 0.491 e. The van der Waals surface area contributed by atoms with E-state index in [1.165, 1.54) is 0 Å². The highest BCUT2D eigenvalue weighted by Gasteiger charge is 2.14. The summed E-state index contributed by atoms with van der Waals surface area (Å²) in [6.45, 7) is 4.00. The van der Waals surface area contributed by atoms with Gasteiger partial charge in [0.15, 0.2) is 5.11 Å². The van der Waals surface area contributed by atoms with Crippen LogP contribution in [0.5, 0.6) is 5.75 Å². The summed E-state index contributed by atoms with van der Waals surface area (Å²) in [7, 11) is 0. The second-order valence-corrected chi connectivity index (χ2v) is 7.55. The molecule has 3 rings (SSSR count). The number of benzene rings is 3. The van der Waals surface area contributed by atoms with Gasteiger partial charge in [-0.2, -0.15) is 0 Å². The number of para-hydroxylation sites is 2. The van der Waals surface area contributed by atoms with Gasteiger partial charge < -0.3 is 15.4 Å². The number of carbonyl (C=O) groups excluding carboxylic acids is 2. The SMILES string of the molecule is CCC(C)Oc1cccc(C(=O)NC(=S)Nc2ccccc2C(=O)Nc2ccccc2)c1. The van der Waals surface area contributed by atoms with Gasteiger partial charge in [0.2, 0.25) is 0 Å². The molecule has 1 unspecified atom stereocenters. The number of hydrogen-bond acceptors (Lipinski definition) is 4. The van der Waals surface area contributed by atoms with Crippen LogP contribution in [-0.2, 0) is 0 Å². The van der Waals surface area contributed by atoms with Gasteiger partial charge in [0.25, 0.3) is 11.8 Å². The zero-order chi connectivity index (χ0) is 22.9. The number of ether oxygens (including phenoxy) is 1. The summed E-state index contributed by atoms with van der Waals surface area (Å²) in [6, 6.07) is 23.0. The fraction of sp³-hybridized carbons (Fsp3) is 0.160. The molecular weight excluding hydrogens is 422 g/mol. The molecule has 0 heterocycles. The fourth-order valence-corrected chi connectivity index (χ4v) is 3.07. The van der Waals surface area contributed by atoms with Crippen molar-refractivity contribution in [2.75, 3.05) is 10.6 Å². The monoisotopic (exact) mass is 447 g/mol. The first-order chi connectivity index (χ1) is 15.5. The summed E-state index contributed by atoms with van der Waals surface area (Å²) in [5.41, 5.74) is 1.99. The molecule has 7 heteroatoms. The van der Waals surface area contributed by atoms with E-state index in [-0.39, 0.29) is 23.0 Å². The molecule has 0 radical (unpaired) electrons. The van der Waals surface area contributed by atoms with Gasteiger partial charge in [0, 0.05) is 11.3 Å². The summed E-state index contributed by atoms with van der Waals surface area (Å²) in [5.74, 6) is -0.0413. The van der Waals surface area contributed by atoms with E-state index < -0.39 is 0 Å². The molecule has 3 N–H and O–H groups in total. The smallest absolute Gasteiger partial charge is 0.257 e. The quantitative estimate of drug-likeness (QED) is 0.432. The molecule has 0 aromatic heterocycles. The Balaban J connectivity index is 1.66. The van der Waals surface area contributed by atoms with E-state index in [0.29, 0.717) is 28.3 Å². The molecule has 1 atom stereocenters. The Labute approximate surface area is 193 Å². The topological polar surface area (TPSA) is 79.5 Å². The van der Waals surface area contributed by atoms with Gasteiger partial charge >= 0.3 is 0 Å². The number of amides is 2. The van der Waals surface area contributed by atoms with Gasteiger partial charge in [-0.1, -0.05) is 43.3 Å². The molecule has 3 aromatic carbocycles. The van der Waals surface area contributed by atoms with Crippen molar-refractivity contribution < 1.29 is 14.3 Å². The minimum Gasteiger partial charge on any atom is -0.491 e. The Morgan fingerprint density at radius 3 is 2.38 bits per heavy atom. The summed E-state index contributed by atoms with van der Waals surface area (Å²) < 4.78 is 5.77. The molecule has 2 amide bonds. The standard InChI is InChI=1S/C25H25N3O3S/c1-3-17(2)31-20-13-9-10-18(16-20)23(29)28-25(32)27-22-15-8-7-14-21(22)24(30)26-19-11-5-4-6-12-19/h4-17H,3H2,1-2H3,(H,26,30)(H2,27,28,29,32). The van der Waals surface area contributed by atoms with Crippen molar-refractivity contribution in [3.8, 4) is 5.75 Å². The molecule has 0 spiro atoms. The van der Waals surface area contributed by atoms with Crippen LogP contribution in [0.15, 0.2) is 78.9 Å². The van der Waals surface area contributed by atoms with E-state index in [0.717, 1.165) is 6.42 Å². The average Bonchev–Trinajstić information content (AvgIpc) is 2.80. The summed E-state index contributed by atoms with van der Waals surface area (Å²) in [4.78, 5) is 25.4. The molecule has 0 aliphatic rings. The van der Waals surface area contributed by atoms with Gasteiger partial charge in [0.05, 0.1) is 17.4 Å². The minimum atomic E-state index is -0.372. The molecule has 6 nitrogen and oxygen atoms in total. The normalized spacial score (nSPS) is 11.2. The van der Waals surface area contributed by atoms with Crippen molar-refractivity contribution in [2.45, 2.75) is 26.4 Å². The Morgan fingerprint density at radius 1 is 0.906 bits per heavy atom. The highest BCUT2D eigenvalue weighted by atomic mass is 32.1. The van der Waals surface area contributed by atoms with Gasteiger partial charge in [0.1, 0.15) is 5.75 Å². The first-order valence-electron chi connectivity index (χ1n) is 10.3. The van der Waals surface area contributed by atoms with Crippen LogP contribution in [0.2, 0.25) is 0 Å². The molecule has 0 saturated heterocycles. The fourth-order valence-electron chi connectivity index (χ4n) is 2.87. The van der Waals surface area contributed by atoms with Crippen LogP contribution in [0.3, 0.4) is 0 Å². The molecule has 164 valence electrons. The van der Waals surface area contributed by atoms with E-state index in [2.05, 4.69) is 16.0 Å². The lowest BCUT2D eigenvalue weighted by atomic mass is 10.1. The van der Waals surface area contributed by atoms with E-state index in [1.807, 2.05) is 32.0 Å². The number of anilines is 2.